The van der Waals surface area contributed by atoms with Crippen molar-refractivity contribution in [1.29, 1.82) is 0 Å². The summed E-state index contributed by atoms with van der Waals surface area (Å²) in [5.41, 5.74) is -1.73. The molecule has 0 aliphatic carbocycles. The molecule has 0 radical (unpaired) electrons. The number of aryl methyl sites for hydroxylation is 1. The molecule has 1 saturated heterocycles. The molecule has 5 rings (SSSR count). The Balaban J connectivity index is 0.000000541. The van der Waals surface area contributed by atoms with Crippen LogP contribution in [0.5, 0.6) is 0 Å². The van der Waals surface area contributed by atoms with Crippen LogP contribution >= 0.6 is 0 Å². The van der Waals surface area contributed by atoms with Crippen molar-refractivity contribution in [3.05, 3.63) is 76.6 Å². The molecule has 0 amide bonds. The first kappa shape index (κ1) is 31.4. The number of aromatic amines is 1. The summed E-state index contributed by atoms with van der Waals surface area (Å²) in [7, 11) is 0. The maximum atomic E-state index is 15.3. The third-order valence-electron chi connectivity index (χ3n) is 6.60. The molecule has 3 aromatic carbocycles. The van der Waals surface area contributed by atoms with Crippen molar-refractivity contribution in [1.82, 2.24) is 14.9 Å². The normalized spacial score (nSPS) is 15.4. The first-order valence-corrected chi connectivity index (χ1v) is 12.5. The Bertz CT molecular complexity index is 1690. The van der Waals surface area contributed by atoms with Gasteiger partial charge in [0.05, 0.1) is 28.3 Å². The summed E-state index contributed by atoms with van der Waals surface area (Å²) in [5.74, 6) is -10.2. The van der Waals surface area contributed by atoms with Crippen molar-refractivity contribution >= 4 is 23.0 Å². The lowest BCUT2D eigenvalue weighted by molar-refractivity contribution is -0.192. The number of aliphatic hydroxyl groups excluding tert-OH is 1. The van der Waals surface area contributed by atoms with Gasteiger partial charge in [-0.15, -0.1) is 0 Å². The Kier molecular flexibility index (Phi) is 8.78. The van der Waals surface area contributed by atoms with Crippen LogP contribution in [0, 0.1) is 30.2 Å². The zero-order valence-electron chi connectivity index (χ0n) is 22.1. The largest absolute Gasteiger partial charge is 0.490 e. The molecular formula is C28H22F7N3O5. The molecule has 4 aromatic rings. The predicted octanol–water partition coefficient (Wildman–Crippen LogP) is 5.66. The number of carboxylic acid groups (broad SMARTS) is 2. The zero-order chi connectivity index (χ0) is 31.8. The molecule has 43 heavy (non-hydrogen) atoms. The van der Waals surface area contributed by atoms with Crippen LogP contribution in [0.15, 0.2) is 36.4 Å². The first-order chi connectivity index (χ1) is 20.1. The number of benzene rings is 3. The van der Waals surface area contributed by atoms with Gasteiger partial charge in [-0.1, -0.05) is 18.2 Å². The van der Waals surface area contributed by atoms with E-state index in [0.717, 1.165) is 6.07 Å². The lowest BCUT2D eigenvalue weighted by Gasteiger charge is -2.17. The van der Waals surface area contributed by atoms with E-state index < -0.39 is 58.6 Å². The number of hydrogen-bond acceptors (Lipinski definition) is 5. The molecule has 0 spiro atoms. The number of imidazole rings is 1. The maximum Gasteiger partial charge on any atom is 0.490 e. The Morgan fingerprint density at radius 1 is 0.977 bits per heavy atom. The van der Waals surface area contributed by atoms with Crippen LogP contribution in [0.25, 0.3) is 33.3 Å². The van der Waals surface area contributed by atoms with Crippen LogP contribution in [-0.2, 0) is 11.3 Å². The molecule has 1 fully saturated rings. The number of aliphatic hydroxyl groups is 1. The van der Waals surface area contributed by atoms with Gasteiger partial charge in [-0.3, -0.25) is 4.90 Å². The Morgan fingerprint density at radius 2 is 1.56 bits per heavy atom. The molecule has 1 aliphatic rings. The number of rotatable bonds is 5. The van der Waals surface area contributed by atoms with E-state index in [9.17, 15) is 28.2 Å². The van der Waals surface area contributed by atoms with Gasteiger partial charge in [-0.25, -0.2) is 32.1 Å². The van der Waals surface area contributed by atoms with Gasteiger partial charge >= 0.3 is 18.1 Å². The number of likely N-dealkylation sites (tertiary alicyclic amines) is 1. The number of aromatic nitrogens is 2. The van der Waals surface area contributed by atoms with Crippen LogP contribution in [0.2, 0.25) is 0 Å². The number of carboxylic acids is 2. The minimum absolute atomic E-state index is 0.0440. The van der Waals surface area contributed by atoms with Crippen LogP contribution in [0.4, 0.5) is 30.7 Å². The van der Waals surface area contributed by atoms with Crippen LogP contribution in [-0.4, -0.2) is 67.5 Å². The molecule has 228 valence electrons. The third-order valence-corrected chi connectivity index (χ3v) is 6.60. The van der Waals surface area contributed by atoms with Crippen LogP contribution in [0.3, 0.4) is 0 Å². The van der Waals surface area contributed by atoms with E-state index in [0.29, 0.717) is 37.4 Å². The van der Waals surface area contributed by atoms with Crippen LogP contribution < -0.4 is 0 Å². The highest BCUT2D eigenvalue weighted by molar-refractivity contribution is 6.03. The summed E-state index contributed by atoms with van der Waals surface area (Å²) >= 11 is 0. The molecule has 1 atom stereocenters. The number of aliphatic carboxylic acids is 1. The molecule has 8 nitrogen and oxygen atoms in total. The minimum Gasteiger partial charge on any atom is -0.478 e. The number of hydrogen-bond donors (Lipinski definition) is 4. The van der Waals surface area contributed by atoms with Gasteiger partial charge in [0.25, 0.3) is 0 Å². The van der Waals surface area contributed by atoms with Gasteiger partial charge in [-0.2, -0.15) is 13.2 Å². The molecular weight excluding hydrogens is 591 g/mol. The lowest BCUT2D eigenvalue weighted by Crippen LogP contribution is -2.21. The summed E-state index contributed by atoms with van der Waals surface area (Å²) < 4.78 is 92.9. The second kappa shape index (κ2) is 12.0. The van der Waals surface area contributed by atoms with Gasteiger partial charge in [0.1, 0.15) is 11.3 Å². The molecule has 2 heterocycles. The third kappa shape index (κ3) is 6.62. The number of fused-ring (bicyclic) bond motifs is 1. The second-order valence-electron chi connectivity index (χ2n) is 9.73. The van der Waals surface area contributed by atoms with E-state index in [1.165, 1.54) is 24.3 Å². The topological polar surface area (TPSA) is 127 Å². The SMILES string of the molecule is Cc1nc2c(C(=O)O)cc(-c3c(F)c(F)c(-c4cccc(CN5CCC(O)C5)c4)c(F)c3F)cc2[nH]1.O=C(O)C(F)(F)F. The molecule has 0 saturated carbocycles. The summed E-state index contributed by atoms with van der Waals surface area (Å²) in [6, 6.07) is 8.20. The van der Waals surface area contributed by atoms with Crippen molar-refractivity contribution in [2.24, 2.45) is 0 Å². The van der Waals surface area contributed by atoms with E-state index in [1.807, 2.05) is 4.90 Å². The van der Waals surface area contributed by atoms with Crippen molar-refractivity contribution in [3.8, 4) is 22.3 Å². The van der Waals surface area contributed by atoms with Crippen molar-refractivity contribution in [3.63, 3.8) is 0 Å². The van der Waals surface area contributed by atoms with E-state index in [1.54, 1.807) is 13.0 Å². The number of H-pyrrole nitrogens is 1. The molecule has 1 unspecified atom stereocenters. The fraction of sp³-hybridized carbons (Fsp3) is 0.250. The average molecular weight is 613 g/mol. The fourth-order valence-corrected chi connectivity index (χ4v) is 4.73. The van der Waals surface area contributed by atoms with E-state index in [2.05, 4.69) is 9.97 Å². The molecule has 0 bridgehead atoms. The Labute approximate surface area is 238 Å². The highest BCUT2D eigenvalue weighted by Gasteiger charge is 2.38. The monoisotopic (exact) mass is 613 g/mol. The summed E-state index contributed by atoms with van der Waals surface area (Å²) in [5, 5.41) is 26.4. The Hall–Kier alpha value is -4.50. The number of halogens is 7. The van der Waals surface area contributed by atoms with E-state index >= 15 is 17.6 Å². The zero-order valence-corrected chi connectivity index (χ0v) is 22.1. The maximum absolute atomic E-state index is 15.3. The number of carbonyl (C=O) groups is 2. The minimum atomic E-state index is -5.08. The number of β-amino-alcohol motifs (C(OH)–C–C–N with tert-alkyl or cyclic N) is 1. The number of nitrogens with one attached hydrogen (secondary N) is 1. The summed E-state index contributed by atoms with van der Waals surface area (Å²) in [6.07, 6.45) is -4.90. The molecule has 1 aliphatic heterocycles. The molecule has 4 N–H and O–H groups in total. The molecule has 1 aromatic heterocycles. The van der Waals surface area contributed by atoms with Crippen LogP contribution in [0.1, 0.15) is 28.2 Å². The average Bonchev–Trinajstić information content (AvgIpc) is 3.51. The Morgan fingerprint density at radius 3 is 2.07 bits per heavy atom. The number of nitrogens with zero attached hydrogens (tertiary/aromatic N) is 2. The van der Waals surface area contributed by atoms with Crippen molar-refractivity contribution in [2.75, 3.05) is 13.1 Å². The number of alkyl halides is 3. The number of aromatic carboxylic acids is 1. The van der Waals surface area contributed by atoms with Crippen molar-refractivity contribution < 1.29 is 55.6 Å². The summed E-state index contributed by atoms with van der Waals surface area (Å²) in [4.78, 5) is 29.4. The second-order valence-corrected chi connectivity index (χ2v) is 9.73. The highest BCUT2D eigenvalue weighted by atomic mass is 19.4. The fourth-order valence-electron chi connectivity index (χ4n) is 4.73. The van der Waals surface area contributed by atoms with Gasteiger partial charge in [-0.05, 0) is 48.2 Å². The summed E-state index contributed by atoms with van der Waals surface area (Å²) in [6.45, 7) is 3.09. The van der Waals surface area contributed by atoms with Gasteiger partial charge < -0.3 is 20.3 Å². The smallest absolute Gasteiger partial charge is 0.478 e. The predicted molar refractivity (Wildman–Crippen MR) is 138 cm³/mol. The highest BCUT2D eigenvalue weighted by Crippen LogP contribution is 2.38. The first-order valence-electron chi connectivity index (χ1n) is 12.5. The lowest BCUT2D eigenvalue weighted by atomic mass is 9.95. The standard InChI is InChI=1S/C26H21F4N3O3.C2HF3O2/c1-12-31-18-9-15(8-17(26(35)36)25(18)32-12)20-23(29)21(27)19(22(28)24(20)30)14-4-2-3-13(7-14)10-33-6-5-16(34)11-33;3-2(4,5)1(6)7/h2-4,7-9,16,34H,5-6,10-11H2,1H3,(H,31,32)(H,35,36);(H,6,7). The van der Waals surface area contributed by atoms with E-state index in [4.69, 9.17) is 9.90 Å². The van der Waals surface area contributed by atoms with Gasteiger partial charge in [0.2, 0.25) is 0 Å². The quantitative estimate of drug-likeness (QED) is 0.169. The van der Waals surface area contributed by atoms with Gasteiger partial charge in [0.15, 0.2) is 23.3 Å². The molecule has 15 heteroatoms. The van der Waals surface area contributed by atoms with Crippen molar-refractivity contribution in [2.45, 2.75) is 32.2 Å². The van der Waals surface area contributed by atoms with Gasteiger partial charge in [0, 0.05) is 19.6 Å². The van der Waals surface area contributed by atoms with E-state index in [-0.39, 0.29) is 27.7 Å².